The molecule has 2 aromatic rings. The van der Waals surface area contributed by atoms with Crippen molar-refractivity contribution in [2.45, 2.75) is 19.9 Å². The maximum atomic E-state index is 8.81. The molecule has 0 saturated carbocycles. The maximum absolute atomic E-state index is 8.81. The Bertz CT molecular complexity index is 660. The summed E-state index contributed by atoms with van der Waals surface area (Å²) in [6.07, 6.45) is 0.960. The van der Waals surface area contributed by atoms with Crippen molar-refractivity contribution in [3.8, 4) is 6.07 Å². The molecule has 0 amide bonds. The number of hydrogen-bond donors (Lipinski definition) is 2. The third-order valence-electron chi connectivity index (χ3n) is 3.40. The normalized spacial score (nSPS) is 10.4. The van der Waals surface area contributed by atoms with Crippen LogP contribution in [-0.2, 0) is 13.0 Å². The minimum absolute atomic E-state index is 0. The molecule has 0 aromatic heterocycles. The first kappa shape index (κ1) is 20.0. The lowest BCUT2D eigenvalue weighted by atomic mass is 10.1. The molecular weight excluding hydrogens is 411 g/mol. The molecular formula is C19H23IN4. The lowest BCUT2D eigenvalue weighted by molar-refractivity contribution is 0.799. The fourth-order valence-corrected chi connectivity index (χ4v) is 2.17. The van der Waals surface area contributed by atoms with Crippen LogP contribution in [0.3, 0.4) is 0 Å². The molecule has 2 rings (SSSR count). The first-order chi connectivity index (χ1) is 11.3. The number of nitrogens with zero attached hydrogens (tertiary/aromatic N) is 2. The second-order valence-electron chi connectivity index (χ2n) is 5.17. The first-order valence-electron chi connectivity index (χ1n) is 7.87. The smallest absolute Gasteiger partial charge is 0.191 e. The van der Waals surface area contributed by atoms with Crippen LogP contribution in [0.25, 0.3) is 0 Å². The second kappa shape index (κ2) is 11.5. The molecule has 0 unspecified atom stereocenters. The van der Waals surface area contributed by atoms with E-state index in [2.05, 4.69) is 52.9 Å². The highest BCUT2D eigenvalue weighted by Crippen LogP contribution is 2.04. The van der Waals surface area contributed by atoms with Gasteiger partial charge in [-0.15, -0.1) is 24.0 Å². The van der Waals surface area contributed by atoms with Crippen LogP contribution < -0.4 is 10.6 Å². The predicted molar refractivity (Wildman–Crippen MR) is 110 cm³/mol. The number of nitrogens with one attached hydrogen (secondary N) is 2. The first-order valence-corrected chi connectivity index (χ1v) is 7.87. The van der Waals surface area contributed by atoms with E-state index in [1.165, 1.54) is 5.56 Å². The Hall–Kier alpha value is -2.07. The summed E-state index contributed by atoms with van der Waals surface area (Å²) in [5.74, 6) is 0.813. The number of rotatable bonds is 6. The van der Waals surface area contributed by atoms with Gasteiger partial charge in [-0.3, -0.25) is 0 Å². The van der Waals surface area contributed by atoms with Crippen molar-refractivity contribution in [2.75, 3.05) is 13.1 Å². The van der Waals surface area contributed by atoms with Gasteiger partial charge in [-0.1, -0.05) is 42.5 Å². The van der Waals surface area contributed by atoms with Crippen LogP contribution in [0.15, 0.2) is 59.6 Å². The topological polar surface area (TPSA) is 60.2 Å². The van der Waals surface area contributed by atoms with Gasteiger partial charge >= 0.3 is 0 Å². The lowest BCUT2D eigenvalue weighted by Crippen LogP contribution is -2.38. The van der Waals surface area contributed by atoms with E-state index < -0.39 is 0 Å². The standard InChI is InChI=1S/C19H22N4.HI/c1-2-21-19(22-13-12-16-6-4-3-5-7-16)23-15-18-10-8-17(14-20)9-11-18;/h3-11H,2,12-13,15H2,1H3,(H2,21,22,23);1H. The summed E-state index contributed by atoms with van der Waals surface area (Å²) in [4.78, 5) is 4.58. The van der Waals surface area contributed by atoms with Crippen molar-refractivity contribution in [3.05, 3.63) is 71.3 Å². The van der Waals surface area contributed by atoms with Gasteiger partial charge < -0.3 is 10.6 Å². The van der Waals surface area contributed by atoms with Crippen molar-refractivity contribution in [1.29, 1.82) is 5.26 Å². The van der Waals surface area contributed by atoms with Gasteiger partial charge in [-0.05, 0) is 36.6 Å². The average Bonchev–Trinajstić information content (AvgIpc) is 2.61. The molecule has 0 radical (unpaired) electrons. The summed E-state index contributed by atoms with van der Waals surface area (Å²) in [5.41, 5.74) is 3.07. The second-order valence-corrected chi connectivity index (χ2v) is 5.17. The molecule has 24 heavy (non-hydrogen) atoms. The van der Waals surface area contributed by atoms with Crippen molar-refractivity contribution < 1.29 is 0 Å². The molecule has 0 aliphatic heterocycles. The van der Waals surface area contributed by atoms with E-state index in [9.17, 15) is 0 Å². The Balaban J connectivity index is 0.00000288. The highest BCUT2D eigenvalue weighted by molar-refractivity contribution is 14.0. The molecule has 0 atom stereocenters. The molecule has 0 aliphatic rings. The van der Waals surface area contributed by atoms with Crippen molar-refractivity contribution >= 4 is 29.9 Å². The minimum Gasteiger partial charge on any atom is -0.357 e. The number of benzene rings is 2. The van der Waals surface area contributed by atoms with E-state index in [1.54, 1.807) is 0 Å². The third kappa shape index (κ3) is 7.01. The van der Waals surface area contributed by atoms with Crippen molar-refractivity contribution in [2.24, 2.45) is 4.99 Å². The molecule has 0 bridgehead atoms. The minimum atomic E-state index is 0. The van der Waals surface area contributed by atoms with Gasteiger partial charge in [0.25, 0.3) is 0 Å². The summed E-state index contributed by atoms with van der Waals surface area (Å²) in [5, 5.41) is 15.4. The van der Waals surface area contributed by atoms with Gasteiger partial charge in [0, 0.05) is 13.1 Å². The summed E-state index contributed by atoms with van der Waals surface area (Å²) in [7, 11) is 0. The zero-order valence-electron chi connectivity index (χ0n) is 13.8. The monoisotopic (exact) mass is 434 g/mol. The van der Waals surface area contributed by atoms with Crippen LogP contribution in [0.4, 0.5) is 0 Å². The maximum Gasteiger partial charge on any atom is 0.191 e. The number of nitriles is 1. The molecule has 0 heterocycles. The number of aliphatic imine (C=N–C) groups is 1. The third-order valence-corrected chi connectivity index (χ3v) is 3.40. The Morgan fingerprint density at radius 3 is 2.33 bits per heavy atom. The molecule has 2 N–H and O–H groups in total. The highest BCUT2D eigenvalue weighted by Gasteiger charge is 1.98. The molecule has 5 heteroatoms. The van der Waals surface area contributed by atoms with Crippen LogP contribution in [0, 0.1) is 11.3 Å². The molecule has 126 valence electrons. The van der Waals surface area contributed by atoms with Crippen LogP contribution in [0.1, 0.15) is 23.6 Å². The molecule has 0 fully saturated rings. The molecule has 0 saturated heterocycles. The van der Waals surface area contributed by atoms with Crippen molar-refractivity contribution in [3.63, 3.8) is 0 Å². The molecule has 4 nitrogen and oxygen atoms in total. The fraction of sp³-hybridized carbons (Fsp3) is 0.263. The largest absolute Gasteiger partial charge is 0.357 e. The predicted octanol–water partition coefficient (Wildman–Crippen LogP) is 3.47. The molecule has 2 aromatic carbocycles. The van der Waals surface area contributed by atoms with E-state index in [-0.39, 0.29) is 24.0 Å². The number of halogens is 1. The Morgan fingerprint density at radius 2 is 1.71 bits per heavy atom. The van der Waals surface area contributed by atoms with E-state index >= 15 is 0 Å². The fourth-order valence-electron chi connectivity index (χ4n) is 2.17. The summed E-state index contributed by atoms with van der Waals surface area (Å²) in [6, 6.07) is 20.0. The van der Waals surface area contributed by atoms with Gasteiger partial charge in [-0.25, -0.2) is 4.99 Å². The van der Waals surface area contributed by atoms with Gasteiger partial charge in [0.15, 0.2) is 5.96 Å². The van der Waals surface area contributed by atoms with E-state index in [4.69, 9.17) is 5.26 Å². The van der Waals surface area contributed by atoms with E-state index in [1.807, 2.05) is 30.3 Å². The molecule has 0 spiro atoms. The van der Waals surface area contributed by atoms with Crippen LogP contribution in [-0.4, -0.2) is 19.0 Å². The highest BCUT2D eigenvalue weighted by atomic mass is 127. The van der Waals surface area contributed by atoms with Crippen LogP contribution >= 0.6 is 24.0 Å². The quantitative estimate of drug-likeness (QED) is 0.416. The number of guanidine groups is 1. The summed E-state index contributed by atoms with van der Waals surface area (Å²) < 4.78 is 0. The molecule has 0 aliphatic carbocycles. The van der Waals surface area contributed by atoms with Gasteiger partial charge in [0.05, 0.1) is 18.2 Å². The van der Waals surface area contributed by atoms with Gasteiger partial charge in [-0.2, -0.15) is 5.26 Å². The lowest BCUT2D eigenvalue weighted by Gasteiger charge is -2.11. The zero-order chi connectivity index (χ0) is 16.3. The average molecular weight is 434 g/mol. The van der Waals surface area contributed by atoms with E-state index in [0.717, 1.165) is 31.0 Å². The van der Waals surface area contributed by atoms with Crippen LogP contribution in [0.5, 0.6) is 0 Å². The number of hydrogen-bond acceptors (Lipinski definition) is 2. The SMILES string of the molecule is CCNC(=NCc1ccc(C#N)cc1)NCCc1ccccc1.I. The van der Waals surface area contributed by atoms with Gasteiger partial charge in [0.1, 0.15) is 0 Å². The zero-order valence-corrected chi connectivity index (χ0v) is 16.2. The Morgan fingerprint density at radius 1 is 1.00 bits per heavy atom. The van der Waals surface area contributed by atoms with Crippen LogP contribution in [0.2, 0.25) is 0 Å². The summed E-state index contributed by atoms with van der Waals surface area (Å²) in [6.45, 7) is 4.30. The summed E-state index contributed by atoms with van der Waals surface area (Å²) >= 11 is 0. The Kier molecular flexibility index (Phi) is 9.54. The van der Waals surface area contributed by atoms with E-state index in [0.29, 0.717) is 12.1 Å². The Labute approximate surface area is 161 Å². The van der Waals surface area contributed by atoms with Crippen molar-refractivity contribution in [1.82, 2.24) is 10.6 Å². The van der Waals surface area contributed by atoms with Gasteiger partial charge in [0.2, 0.25) is 0 Å².